The highest BCUT2D eigenvalue weighted by molar-refractivity contribution is 6.17. The van der Waals surface area contributed by atoms with Gasteiger partial charge in [-0.1, -0.05) is 30.3 Å². The van der Waals surface area contributed by atoms with Crippen LogP contribution in [0.3, 0.4) is 0 Å². The Morgan fingerprint density at radius 1 is 1.10 bits per heavy atom. The van der Waals surface area contributed by atoms with Crippen LogP contribution in [0.15, 0.2) is 30.3 Å². The number of halogens is 1. The third-order valence-corrected chi connectivity index (χ3v) is 1.41. The van der Waals surface area contributed by atoms with E-state index in [1.807, 2.05) is 18.2 Å². The van der Waals surface area contributed by atoms with Crippen LogP contribution < -0.4 is 0 Å². The maximum atomic E-state index is 5.54. The van der Waals surface area contributed by atoms with Crippen molar-refractivity contribution in [2.45, 2.75) is 6.42 Å². The lowest BCUT2D eigenvalue weighted by Gasteiger charge is -1.92. The lowest BCUT2D eigenvalue weighted by molar-refractivity contribution is 1.15. The quantitative estimate of drug-likeness (QED) is 0.464. The van der Waals surface area contributed by atoms with Gasteiger partial charge in [0.1, 0.15) is 0 Å². The Balaban J connectivity index is 0.000000810. The molecule has 0 aliphatic carbocycles. The first kappa shape index (κ1) is 10.3. The van der Waals surface area contributed by atoms with Crippen molar-refractivity contribution in [2.75, 3.05) is 5.88 Å². The largest absolute Gasteiger partial charge is 0.126 e. The molecule has 10 heavy (non-hydrogen) atoms. The predicted molar refractivity (Wildman–Crippen MR) is 46.6 cm³/mol. The normalized spacial score (nSPS) is 8.50. The summed E-state index contributed by atoms with van der Waals surface area (Å²) in [6.45, 7) is 0. The van der Waals surface area contributed by atoms with Gasteiger partial charge in [0.25, 0.3) is 0 Å². The Hall–Kier alpha value is 0.276. The van der Waals surface area contributed by atoms with Gasteiger partial charge in [-0.15, -0.1) is 11.6 Å². The smallest absolute Gasteiger partial charge is 0.0263 e. The number of hydrogen-bond acceptors (Lipinski definition) is 0. The SMILES string of the molecule is ClCCc1ccccc1.[Mg]. The van der Waals surface area contributed by atoms with E-state index in [2.05, 4.69) is 12.1 Å². The second kappa shape index (κ2) is 6.02. The molecule has 0 bridgehead atoms. The van der Waals surface area contributed by atoms with Crippen molar-refractivity contribution in [2.24, 2.45) is 0 Å². The standard InChI is InChI=1S/C8H9Cl.Mg/c9-7-6-8-4-2-1-3-5-8;/h1-5H,6-7H2;. The Morgan fingerprint density at radius 2 is 1.70 bits per heavy atom. The number of alkyl halides is 1. The van der Waals surface area contributed by atoms with E-state index in [0.29, 0.717) is 5.88 Å². The molecule has 0 N–H and O–H groups in total. The summed E-state index contributed by atoms with van der Waals surface area (Å²) in [4.78, 5) is 0. The maximum absolute atomic E-state index is 5.54. The minimum absolute atomic E-state index is 0. The van der Waals surface area contributed by atoms with Crippen molar-refractivity contribution in [3.63, 3.8) is 0 Å². The molecule has 50 valence electrons. The van der Waals surface area contributed by atoms with Gasteiger partial charge in [0, 0.05) is 28.9 Å². The summed E-state index contributed by atoms with van der Waals surface area (Å²) < 4.78 is 0. The molecule has 1 aromatic rings. The molecule has 0 fully saturated rings. The summed E-state index contributed by atoms with van der Waals surface area (Å²) >= 11 is 5.54. The van der Waals surface area contributed by atoms with Crippen molar-refractivity contribution < 1.29 is 0 Å². The van der Waals surface area contributed by atoms with Crippen LogP contribution in [0.1, 0.15) is 5.56 Å². The van der Waals surface area contributed by atoms with Crippen LogP contribution in [0.2, 0.25) is 0 Å². The fourth-order valence-corrected chi connectivity index (χ4v) is 0.972. The lowest BCUT2D eigenvalue weighted by Crippen LogP contribution is -1.82. The first-order valence-corrected chi connectivity index (χ1v) is 3.57. The minimum Gasteiger partial charge on any atom is -0.126 e. The second-order valence-corrected chi connectivity index (χ2v) is 2.30. The maximum Gasteiger partial charge on any atom is 0.0263 e. The van der Waals surface area contributed by atoms with Gasteiger partial charge in [-0.3, -0.25) is 0 Å². The number of benzene rings is 1. The molecule has 0 aromatic heterocycles. The molecule has 0 amide bonds. The van der Waals surface area contributed by atoms with E-state index in [4.69, 9.17) is 11.6 Å². The van der Waals surface area contributed by atoms with Gasteiger partial charge in [0.2, 0.25) is 0 Å². The van der Waals surface area contributed by atoms with Gasteiger partial charge in [0.15, 0.2) is 0 Å². The molecule has 1 rings (SSSR count). The number of hydrogen-bond donors (Lipinski definition) is 0. The van der Waals surface area contributed by atoms with E-state index in [1.165, 1.54) is 5.56 Å². The molecule has 1 aromatic carbocycles. The van der Waals surface area contributed by atoms with Gasteiger partial charge >= 0.3 is 0 Å². The van der Waals surface area contributed by atoms with E-state index in [1.54, 1.807) is 0 Å². The lowest BCUT2D eigenvalue weighted by atomic mass is 10.2. The zero-order valence-electron chi connectivity index (χ0n) is 5.89. The predicted octanol–water partition coefficient (Wildman–Crippen LogP) is 2.09. The van der Waals surface area contributed by atoms with E-state index in [9.17, 15) is 0 Å². The first-order valence-electron chi connectivity index (χ1n) is 3.03. The highest BCUT2D eigenvalue weighted by atomic mass is 35.5. The number of rotatable bonds is 2. The highest BCUT2D eigenvalue weighted by Crippen LogP contribution is 1.99. The first-order chi connectivity index (χ1) is 4.43. The summed E-state index contributed by atoms with van der Waals surface area (Å²) in [5.41, 5.74) is 1.31. The Bertz CT molecular complexity index is 162. The molecule has 0 spiro atoms. The van der Waals surface area contributed by atoms with E-state index in [-0.39, 0.29) is 23.1 Å². The van der Waals surface area contributed by atoms with Crippen molar-refractivity contribution in [1.82, 2.24) is 0 Å². The molecule has 0 atom stereocenters. The topological polar surface area (TPSA) is 0 Å². The molecular formula is C8H9ClMg. The average molecular weight is 165 g/mol. The van der Waals surface area contributed by atoms with Crippen LogP contribution in [0.4, 0.5) is 0 Å². The van der Waals surface area contributed by atoms with Crippen molar-refractivity contribution >= 4 is 34.7 Å². The van der Waals surface area contributed by atoms with Crippen LogP contribution in [0, 0.1) is 0 Å². The van der Waals surface area contributed by atoms with Crippen molar-refractivity contribution in [1.29, 1.82) is 0 Å². The zero-order valence-corrected chi connectivity index (χ0v) is 8.06. The van der Waals surface area contributed by atoms with E-state index in [0.717, 1.165) is 6.42 Å². The van der Waals surface area contributed by atoms with Gasteiger partial charge in [-0.25, -0.2) is 0 Å². The molecule has 0 saturated carbocycles. The van der Waals surface area contributed by atoms with Gasteiger partial charge in [0.05, 0.1) is 0 Å². The Morgan fingerprint density at radius 3 is 2.20 bits per heavy atom. The third kappa shape index (κ3) is 3.45. The van der Waals surface area contributed by atoms with Crippen LogP contribution in [-0.4, -0.2) is 28.9 Å². The van der Waals surface area contributed by atoms with Gasteiger partial charge in [-0.2, -0.15) is 0 Å². The molecule has 0 aliphatic heterocycles. The van der Waals surface area contributed by atoms with Crippen LogP contribution >= 0.6 is 11.6 Å². The van der Waals surface area contributed by atoms with Gasteiger partial charge in [-0.05, 0) is 12.0 Å². The fraction of sp³-hybridized carbons (Fsp3) is 0.250. The summed E-state index contributed by atoms with van der Waals surface area (Å²) in [7, 11) is 0. The fourth-order valence-electron chi connectivity index (χ4n) is 0.754. The van der Waals surface area contributed by atoms with Crippen LogP contribution in [0.25, 0.3) is 0 Å². The zero-order chi connectivity index (χ0) is 6.53. The van der Waals surface area contributed by atoms with E-state index < -0.39 is 0 Å². The second-order valence-electron chi connectivity index (χ2n) is 1.92. The molecular weight excluding hydrogens is 156 g/mol. The molecule has 0 nitrogen and oxygen atoms in total. The molecule has 0 unspecified atom stereocenters. The molecule has 0 aliphatic rings. The summed E-state index contributed by atoms with van der Waals surface area (Å²) in [6.07, 6.45) is 0.975. The molecule has 0 heterocycles. The molecule has 2 radical (unpaired) electrons. The summed E-state index contributed by atoms with van der Waals surface area (Å²) in [5, 5.41) is 0. The van der Waals surface area contributed by atoms with Gasteiger partial charge < -0.3 is 0 Å². The average Bonchev–Trinajstić information content (AvgIpc) is 1.91. The van der Waals surface area contributed by atoms with Crippen molar-refractivity contribution in [3.8, 4) is 0 Å². The Labute approximate surface area is 82.7 Å². The Kier molecular flexibility index (Phi) is 6.18. The summed E-state index contributed by atoms with van der Waals surface area (Å²) in [5.74, 6) is 0.712. The monoisotopic (exact) mass is 164 g/mol. The number of aryl methyl sites for hydroxylation is 1. The van der Waals surface area contributed by atoms with E-state index >= 15 is 0 Å². The molecule has 0 saturated heterocycles. The minimum atomic E-state index is 0. The summed E-state index contributed by atoms with van der Waals surface area (Å²) in [6, 6.07) is 10.2. The third-order valence-electron chi connectivity index (χ3n) is 1.23. The van der Waals surface area contributed by atoms with Crippen LogP contribution in [0.5, 0.6) is 0 Å². The highest BCUT2D eigenvalue weighted by Gasteiger charge is 1.85. The molecule has 2 heteroatoms. The van der Waals surface area contributed by atoms with Crippen molar-refractivity contribution in [3.05, 3.63) is 35.9 Å². The van der Waals surface area contributed by atoms with Crippen LogP contribution in [-0.2, 0) is 6.42 Å².